The van der Waals surface area contributed by atoms with Crippen LogP contribution in [0.15, 0.2) is 78.2 Å². The Morgan fingerprint density at radius 2 is 1.75 bits per heavy atom. The summed E-state index contributed by atoms with van der Waals surface area (Å²) in [4.78, 5) is 49.3. The minimum atomic E-state index is -2.93. The number of carbonyl (C=O) groups excluding carboxylic acids is 3. The molecule has 5 aliphatic rings. The molecular weight excluding hydrogens is 683 g/mol. The largest absolute Gasteiger partial charge is 0.472 e. The Balaban J connectivity index is 0.843. The lowest BCUT2D eigenvalue weighted by atomic mass is 9.47. The first-order valence-corrected chi connectivity index (χ1v) is 19.1. The van der Waals surface area contributed by atoms with Gasteiger partial charge in [-0.3, -0.25) is 19.7 Å². The number of halogens is 2. The summed E-state index contributed by atoms with van der Waals surface area (Å²) in [6.45, 7) is 1.97. The number of para-hydroxylation sites is 1. The van der Waals surface area contributed by atoms with Crippen molar-refractivity contribution in [3.8, 4) is 16.9 Å². The van der Waals surface area contributed by atoms with E-state index in [1.807, 2.05) is 58.6 Å². The monoisotopic (exact) mass is 722 g/mol. The van der Waals surface area contributed by atoms with E-state index in [4.69, 9.17) is 9.72 Å². The molecule has 5 atom stereocenters. The predicted molar refractivity (Wildman–Crippen MR) is 193 cm³/mol. The van der Waals surface area contributed by atoms with Gasteiger partial charge >= 0.3 is 0 Å². The average Bonchev–Trinajstić information content (AvgIpc) is 3.59. The van der Waals surface area contributed by atoms with Gasteiger partial charge in [0.05, 0.1) is 10.5 Å². The standard InChI is InChI=1S/C41H40F2N4O4S/c1-39(42,43)26-13-11-24(12-14-26)28-7-3-4-8-29(28)37(49)47-19-16-25(17-20-47)36-44-32(23-52-36)38(50)46(2)27-15-18-40-34(21-27)41(45-40)31(22-35(41)48)30-9-5-6-10-33(30)51-40/h3-14,23,25,27,31,34,45H,15-22H2,1-2H3. The van der Waals surface area contributed by atoms with Gasteiger partial charge in [0.25, 0.3) is 17.7 Å². The first-order chi connectivity index (χ1) is 25.0. The molecule has 268 valence electrons. The van der Waals surface area contributed by atoms with Crippen molar-refractivity contribution in [2.45, 2.75) is 80.5 Å². The molecule has 2 bridgehead atoms. The van der Waals surface area contributed by atoms with E-state index in [0.29, 0.717) is 54.7 Å². The summed E-state index contributed by atoms with van der Waals surface area (Å²) in [5.41, 5.74) is 2.26. The van der Waals surface area contributed by atoms with Crippen molar-refractivity contribution >= 4 is 28.9 Å². The SMILES string of the molecule is CN(C(=O)c1csc(C2CCN(C(=O)c3ccccc3-c3ccc(C(C)(F)F)cc3)CC2)n1)C1CCC23NC4(C(=O)CC4c4ccccc4O2)C3C1. The molecule has 52 heavy (non-hydrogen) atoms. The van der Waals surface area contributed by atoms with E-state index in [0.717, 1.165) is 42.5 Å². The summed E-state index contributed by atoms with van der Waals surface area (Å²) in [6.07, 6.45) is 4.13. The van der Waals surface area contributed by atoms with E-state index in [-0.39, 0.29) is 47.0 Å². The Labute approximate surface area is 305 Å². The molecule has 9 rings (SSSR count). The molecule has 5 unspecified atom stereocenters. The van der Waals surface area contributed by atoms with Crippen molar-refractivity contribution in [2.24, 2.45) is 5.92 Å². The van der Waals surface area contributed by atoms with E-state index < -0.39 is 17.2 Å². The van der Waals surface area contributed by atoms with Gasteiger partial charge in [-0.1, -0.05) is 60.7 Å². The molecule has 4 heterocycles. The van der Waals surface area contributed by atoms with Crippen molar-refractivity contribution in [2.75, 3.05) is 20.1 Å². The first kappa shape index (κ1) is 33.4. The maximum atomic E-state index is 13.8. The van der Waals surface area contributed by atoms with Crippen LogP contribution in [-0.2, 0) is 10.7 Å². The number of piperidine rings is 1. The quantitative estimate of drug-likeness (QED) is 0.224. The maximum absolute atomic E-state index is 13.8. The molecular formula is C41H40F2N4O4S. The molecule has 3 aromatic carbocycles. The minimum absolute atomic E-state index is 0.00636. The number of amides is 2. The smallest absolute Gasteiger partial charge is 0.273 e. The highest BCUT2D eigenvalue weighted by Gasteiger charge is 2.77. The average molecular weight is 723 g/mol. The highest BCUT2D eigenvalue weighted by molar-refractivity contribution is 7.09. The van der Waals surface area contributed by atoms with Gasteiger partial charge in [-0.05, 0) is 48.9 Å². The first-order valence-electron chi connectivity index (χ1n) is 18.2. The van der Waals surface area contributed by atoms with Gasteiger partial charge in [-0.25, -0.2) is 13.8 Å². The molecule has 11 heteroatoms. The number of benzene rings is 3. The molecule has 2 saturated heterocycles. The topological polar surface area (TPSA) is 91.8 Å². The fraction of sp³-hybridized carbons (Fsp3) is 0.415. The number of hydrogen-bond donors (Lipinski definition) is 1. The molecule has 0 radical (unpaired) electrons. The lowest BCUT2D eigenvalue weighted by Crippen LogP contribution is -2.89. The Morgan fingerprint density at radius 3 is 2.50 bits per heavy atom. The molecule has 2 saturated carbocycles. The summed E-state index contributed by atoms with van der Waals surface area (Å²) >= 11 is 1.50. The van der Waals surface area contributed by atoms with Gasteiger partial charge in [-0.15, -0.1) is 11.3 Å². The number of Topliss-reactive ketones (excluding diaryl/α,β-unsaturated/α-hetero) is 1. The zero-order chi connectivity index (χ0) is 36.0. The van der Waals surface area contributed by atoms with Crippen LogP contribution in [0.25, 0.3) is 11.1 Å². The number of alkyl halides is 2. The third-order valence-corrected chi connectivity index (χ3v) is 13.5. The van der Waals surface area contributed by atoms with Gasteiger partial charge < -0.3 is 14.5 Å². The number of rotatable bonds is 6. The van der Waals surface area contributed by atoms with Gasteiger partial charge in [0.15, 0.2) is 11.5 Å². The maximum Gasteiger partial charge on any atom is 0.273 e. The van der Waals surface area contributed by atoms with Crippen LogP contribution >= 0.6 is 11.3 Å². The molecule has 2 amide bonds. The highest BCUT2D eigenvalue weighted by atomic mass is 32.1. The second-order valence-electron chi connectivity index (χ2n) is 15.2. The van der Waals surface area contributed by atoms with E-state index in [1.165, 1.54) is 23.5 Å². The molecule has 8 nitrogen and oxygen atoms in total. The van der Waals surface area contributed by atoms with Crippen LogP contribution in [-0.4, -0.2) is 69.8 Å². The normalized spacial score (nSPS) is 27.9. The van der Waals surface area contributed by atoms with E-state index >= 15 is 0 Å². The van der Waals surface area contributed by atoms with Crippen molar-refractivity contribution in [3.63, 3.8) is 0 Å². The van der Waals surface area contributed by atoms with Crippen LogP contribution < -0.4 is 10.1 Å². The predicted octanol–water partition coefficient (Wildman–Crippen LogP) is 7.37. The number of hydrogen-bond acceptors (Lipinski definition) is 7. The number of aromatic nitrogens is 1. The highest BCUT2D eigenvalue weighted by Crippen LogP contribution is 2.65. The fourth-order valence-electron chi connectivity index (χ4n) is 9.57. The number of nitrogens with one attached hydrogen (secondary N) is 1. The van der Waals surface area contributed by atoms with Crippen LogP contribution in [0.1, 0.15) is 94.3 Å². The number of fused-ring (bicyclic) bond motifs is 2. The van der Waals surface area contributed by atoms with Crippen molar-refractivity contribution < 1.29 is 27.9 Å². The lowest BCUT2D eigenvalue weighted by molar-refractivity contribution is -0.216. The summed E-state index contributed by atoms with van der Waals surface area (Å²) in [5.74, 6) is -1.81. The Hall–Kier alpha value is -4.48. The van der Waals surface area contributed by atoms with Crippen LogP contribution in [0.4, 0.5) is 8.78 Å². The Morgan fingerprint density at radius 1 is 1.02 bits per heavy atom. The second kappa shape index (κ2) is 12.0. The fourth-order valence-corrected chi connectivity index (χ4v) is 10.5. The zero-order valence-electron chi connectivity index (χ0n) is 29.1. The molecule has 1 N–H and O–H groups in total. The molecule has 4 fully saturated rings. The van der Waals surface area contributed by atoms with Crippen molar-refractivity contribution in [1.29, 1.82) is 0 Å². The van der Waals surface area contributed by atoms with E-state index in [9.17, 15) is 23.2 Å². The second-order valence-corrected chi connectivity index (χ2v) is 16.1. The number of nitrogens with zero attached hydrogens (tertiary/aromatic N) is 3. The van der Waals surface area contributed by atoms with Crippen molar-refractivity contribution in [3.05, 3.63) is 106 Å². The molecule has 1 aromatic heterocycles. The molecule has 3 aliphatic heterocycles. The third-order valence-electron chi connectivity index (χ3n) is 12.5. The van der Waals surface area contributed by atoms with Crippen LogP contribution in [0.5, 0.6) is 5.75 Å². The Bertz CT molecular complexity index is 2090. The minimum Gasteiger partial charge on any atom is -0.472 e. The number of ether oxygens (including phenoxy) is 1. The van der Waals surface area contributed by atoms with E-state index in [2.05, 4.69) is 11.4 Å². The van der Waals surface area contributed by atoms with Gasteiger partial charge in [0.1, 0.15) is 11.4 Å². The zero-order valence-corrected chi connectivity index (χ0v) is 29.9. The summed E-state index contributed by atoms with van der Waals surface area (Å²) in [6, 6.07) is 21.4. The van der Waals surface area contributed by atoms with Crippen LogP contribution in [0, 0.1) is 5.92 Å². The Kier molecular flexibility index (Phi) is 7.72. The number of thiazole rings is 1. The number of carbonyl (C=O) groups is 3. The van der Waals surface area contributed by atoms with Crippen molar-refractivity contribution in [1.82, 2.24) is 20.1 Å². The lowest BCUT2D eigenvalue weighted by Gasteiger charge is -2.69. The van der Waals surface area contributed by atoms with Crippen LogP contribution in [0.3, 0.4) is 0 Å². The number of likely N-dealkylation sites (tertiary alicyclic amines) is 1. The van der Waals surface area contributed by atoms with Gasteiger partial charge in [0, 0.05) is 85.8 Å². The third kappa shape index (κ3) is 5.06. The summed E-state index contributed by atoms with van der Waals surface area (Å²) < 4.78 is 34.2. The summed E-state index contributed by atoms with van der Waals surface area (Å²) in [7, 11) is 1.85. The van der Waals surface area contributed by atoms with Gasteiger partial charge in [-0.2, -0.15) is 0 Å². The van der Waals surface area contributed by atoms with E-state index in [1.54, 1.807) is 18.2 Å². The van der Waals surface area contributed by atoms with Gasteiger partial charge in [0.2, 0.25) is 0 Å². The molecule has 2 spiro atoms. The van der Waals surface area contributed by atoms with Crippen LogP contribution in [0.2, 0.25) is 0 Å². The number of ketones is 1. The summed E-state index contributed by atoms with van der Waals surface area (Å²) in [5, 5.41) is 6.38. The molecule has 2 aliphatic carbocycles. The molecule has 4 aromatic rings.